The van der Waals surface area contributed by atoms with E-state index < -0.39 is 12.1 Å². The van der Waals surface area contributed by atoms with Crippen molar-refractivity contribution in [3.05, 3.63) is 24.8 Å². The molecule has 0 rings (SSSR count). The fourth-order valence-corrected chi connectivity index (χ4v) is 1.12. The minimum Gasteiger partial charge on any atom is -0.171 e. The van der Waals surface area contributed by atoms with Crippen LogP contribution in [0.3, 0.4) is 0 Å². The summed E-state index contributed by atoms with van der Waals surface area (Å²) in [5.41, 5.74) is 0.575. The van der Waals surface area contributed by atoms with Gasteiger partial charge in [0.2, 0.25) is 0 Å². The lowest BCUT2D eigenvalue weighted by atomic mass is 9.95. The molecule has 0 heterocycles. The molecular formula is C10H15F3. The lowest BCUT2D eigenvalue weighted by Crippen LogP contribution is -2.22. The number of halogens is 3. The van der Waals surface area contributed by atoms with E-state index in [1.165, 1.54) is 6.08 Å². The molecule has 0 aromatic carbocycles. The van der Waals surface area contributed by atoms with Crippen LogP contribution in [0.5, 0.6) is 0 Å². The predicted molar refractivity (Wildman–Crippen MR) is 48.4 cm³/mol. The van der Waals surface area contributed by atoms with Crippen LogP contribution in [-0.4, -0.2) is 6.18 Å². The summed E-state index contributed by atoms with van der Waals surface area (Å²) >= 11 is 0. The van der Waals surface area contributed by atoms with Gasteiger partial charge in [0.25, 0.3) is 0 Å². The van der Waals surface area contributed by atoms with Gasteiger partial charge in [0.05, 0.1) is 5.92 Å². The third-order valence-corrected chi connectivity index (χ3v) is 1.78. The van der Waals surface area contributed by atoms with E-state index in [2.05, 4.69) is 13.2 Å². The Morgan fingerprint density at radius 2 is 2.00 bits per heavy atom. The summed E-state index contributed by atoms with van der Waals surface area (Å²) in [7, 11) is 0. The van der Waals surface area contributed by atoms with Crippen molar-refractivity contribution in [3.63, 3.8) is 0 Å². The summed E-state index contributed by atoms with van der Waals surface area (Å²) in [5, 5.41) is 0. The van der Waals surface area contributed by atoms with Crippen molar-refractivity contribution >= 4 is 0 Å². The van der Waals surface area contributed by atoms with Gasteiger partial charge < -0.3 is 0 Å². The molecule has 0 saturated heterocycles. The molecule has 0 radical (unpaired) electrons. The van der Waals surface area contributed by atoms with Crippen LogP contribution >= 0.6 is 0 Å². The van der Waals surface area contributed by atoms with Crippen molar-refractivity contribution in [3.8, 4) is 0 Å². The predicted octanol–water partition coefficient (Wildman–Crippen LogP) is 4.10. The summed E-state index contributed by atoms with van der Waals surface area (Å²) in [6.07, 6.45) is -2.06. The molecular weight excluding hydrogens is 177 g/mol. The Balaban J connectivity index is 4.19. The third-order valence-electron chi connectivity index (χ3n) is 1.78. The van der Waals surface area contributed by atoms with E-state index in [-0.39, 0.29) is 12.8 Å². The summed E-state index contributed by atoms with van der Waals surface area (Å²) < 4.78 is 37.0. The molecule has 0 N–H and O–H groups in total. The Morgan fingerprint density at radius 3 is 2.31 bits per heavy atom. The van der Waals surface area contributed by atoms with Crippen molar-refractivity contribution in [2.45, 2.75) is 32.4 Å². The molecule has 13 heavy (non-hydrogen) atoms. The molecule has 76 valence electrons. The highest BCUT2D eigenvalue weighted by Gasteiger charge is 2.38. The Kier molecular flexibility index (Phi) is 4.81. The van der Waals surface area contributed by atoms with Gasteiger partial charge in [-0.3, -0.25) is 0 Å². The molecule has 3 heteroatoms. The molecule has 1 atom stereocenters. The van der Waals surface area contributed by atoms with E-state index in [1.807, 2.05) is 0 Å². The van der Waals surface area contributed by atoms with Crippen molar-refractivity contribution < 1.29 is 13.2 Å². The van der Waals surface area contributed by atoms with Crippen LogP contribution in [0.15, 0.2) is 24.8 Å². The van der Waals surface area contributed by atoms with Gasteiger partial charge in [-0.1, -0.05) is 11.6 Å². The van der Waals surface area contributed by atoms with Crippen molar-refractivity contribution in [1.82, 2.24) is 0 Å². The smallest absolute Gasteiger partial charge is 0.171 e. The maximum atomic E-state index is 12.3. The summed E-state index contributed by atoms with van der Waals surface area (Å²) in [5.74, 6) is -1.26. The number of rotatable bonds is 5. The molecule has 0 aliphatic heterocycles. The first-order valence-corrected chi connectivity index (χ1v) is 4.20. The monoisotopic (exact) mass is 192 g/mol. The van der Waals surface area contributed by atoms with E-state index in [4.69, 9.17) is 0 Å². The lowest BCUT2D eigenvalue weighted by Gasteiger charge is -2.19. The van der Waals surface area contributed by atoms with Gasteiger partial charge >= 0.3 is 6.18 Å². The minimum absolute atomic E-state index is 0.0251. The molecule has 0 spiro atoms. The first-order valence-electron chi connectivity index (χ1n) is 4.20. The highest BCUT2D eigenvalue weighted by molar-refractivity contribution is 4.92. The summed E-state index contributed by atoms with van der Waals surface area (Å²) in [6, 6.07) is 0. The van der Waals surface area contributed by atoms with Crippen LogP contribution in [0.25, 0.3) is 0 Å². The van der Waals surface area contributed by atoms with Gasteiger partial charge in [0.1, 0.15) is 0 Å². The number of hydrogen-bond donors (Lipinski definition) is 0. The largest absolute Gasteiger partial charge is 0.392 e. The number of allylic oxidation sites excluding steroid dienone is 2. The summed E-state index contributed by atoms with van der Waals surface area (Å²) in [4.78, 5) is 0. The first-order chi connectivity index (χ1) is 5.88. The van der Waals surface area contributed by atoms with Gasteiger partial charge in [0, 0.05) is 0 Å². The standard InChI is InChI=1S/C10H15F3/c1-4-5-6-9(7-8(2)3)10(11,12)13/h4,9H,1-2,5-7H2,3H3. The third kappa shape index (κ3) is 5.50. The van der Waals surface area contributed by atoms with E-state index in [0.717, 1.165) is 0 Å². The van der Waals surface area contributed by atoms with Crippen LogP contribution in [-0.2, 0) is 0 Å². The molecule has 0 fully saturated rings. The van der Waals surface area contributed by atoms with E-state index in [0.29, 0.717) is 12.0 Å². The molecule has 0 saturated carbocycles. The van der Waals surface area contributed by atoms with Crippen molar-refractivity contribution in [1.29, 1.82) is 0 Å². The SMILES string of the molecule is C=CCCC(CC(=C)C)C(F)(F)F. The highest BCUT2D eigenvalue weighted by atomic mass is 19.4. The molecule has 0 aromatic rings. The Morgan fingerprint density at radius 1 is 1.46 bits per heavy atom. The number of alkyl halides is 3. The fraction of sp³-hybridized carbons (Fsp3) is 0.600. The van der Waals surface area contributed by atoms with Gasteiger partial charge in [-0.2, -0.15) is 13.2 Å². The molecule has 0 amide bonds. The van der Waals surface area contributed by atoms with E-state index in [1.54, 1.807) is 6.92 Å². The molecule has 0 nitrogen and oxygen atoms in total. The van der Waals surface area contributed by atoms with Gasteiger partial charge in [-0.25, -0.2) is 0 Å². The molecule has 0 aromatic heterocycles. The van der Waals surface area contributed by atoms with Crippen molar-refractivity contribution in [2.24, 2.45) is 5.92 Å². The van der Waals surface area contributed by atoms with Gasteiger partial charge in [-0.05, 0) is 26.2 Å². The second-order valence-electron chi connectivity index (χ2n) is 3.27. The maximum Gasteiger partial charge on any atom is 0.392 e. The topological polar surface area (TPSA) is 0 Å². The Bertz CT molecular complexity index is 179. The lowest BCUT2D eigenvalue weighted by molar-refractivity contribution is -0.175. The second kappa shape index (κ2) is 5.10. The Hall–Kier alpha value is -0.730. The van der Waals surface area contributed by atoms with Crippen LogP contribution in [0.1, 0.15) is 26.2 Å². The quantitative estimate of drug-likeness (QED) is 0.575. The van der Waals surface area contributed by atoms with Crippen LogP contribution in [0, 0.1) is 5.92 Å². The van der Waals surface area contributed by atoms with Crippen LogP contribution < -0.4 is 0 Å². The van der Waals surface area contributed by atoms with E-state index in [9.17, 15) is 13.2 Å². The fourth-order valence-electron chi connectivity index (χ4n) is 1.12. The zero-order valence-electron chi connectivity index (χ0n) is 7.82. The van der Waals surface area contributed by atoms with Gasteiger partial charge in [0.15, 0.2) is 0 Å². The minimum atomic E-state index is -4.11. The average molecular weight is 192 g/mol. The second-order valence-corrected chi connectivity index (χ2v) is 3.27. The molecule has 0 aliphatic rings. The van der Waals surface area contributed by atoms with Crippen molar-refractivity contribution in [2.75, 3.05) is 0 Å². The van der Waals surface area contributed by atoms with E-state index >= 15 is 0 Å². The summed E-state index contributed by atoms with van der Waals surface area (Å²) in [6.45, 7) is 8.51. The Labute approximate surface area is 77.1 Å². The molecule has 0 bridgehead atoms. The van der Waals surface area contributed by atoms with Crippen LogP contribution in [0.2, 0.25) is 0 Å². The maximum absolute atomic E-state index is 12.3. The zero-order chi connectivity index (χ0) is 10.5. The normalized spacial score (nSPS) is 13.8. The molecule has 0 aliphatic carbocycles. The average Bonchev–Trinajstić information content (AvgIpc) is 1.95. The number of hydrogen-bond acceptors (Lipinski definition) is 0. The van der Waals surface area contributed by atoms with Gasteiger partial charge in [-0.15, -0.1) is 13.2 Å². The first kappa shape index (κ1) is 12.3. The molecule has 1 unspecified atom stereocenters. The van der Waals surface area contributed by atoms with Crippen LogP contribution in [0.4, 0.5) is 13.2 Å². The zero-order valence-corrected chi connectivity index (χ0v) is 7.82. The highest BCUT2D eigenvalue weighted by Crippen LogP contribution is 2.34.